The maximum atomic E-state index is 2.27. The Morgan fingerprint density at radius 3 is 1.91 bits per heavy atom. The number of aryl methyl sites for hydroxylation is 2. The van der Waals surface area contributed by atoms with Crippen molar-refractivity contribution in [2.45, 2.75) is 41.5 Å². The minimum Gasteiger partial charge on any atom is -0.0683 e. The first-order chi connectivity index (χ1) is 10.8. The topological polar surface area (TPSA) is 0 Å². The Bertz CT molecular complexity index is 703. The summed E-state index contributed by atoms with van der Waals surface area (Å²) in [5.41, 5.74) is 5.31. The Morgan fingerprint density at radius 2 is 1.23 bits per heavy atom. The zero-order chi connectivity index (χ0) is 16.5. The highest BCUT2D eigenvalue weighted by Gasteiger charge is 2.04. The standard InChI is InChI=1S/C18H16.2C2H6/c1-13-10-11-16(12-14(13)2)18-9-5-7-15-6-3-4-8-17(15)18;2*1-2/h3-12H,1-2H3;2*1-2H3. The van der Waals surface area contributed by atoms with Gasteiger partial charge in [-0.3, -0.25) is 0 Å². The maximum absolute atomic E-state index is 2.27. The molecule has 0 aliphatic carbocycles. The van der Waals surface area contributed by atoms with Crippen molar-refractivity contribution in [2.75, 3.05) is 0 Å². The predicted octanol–water partition coefficient (Wildman–Crippen LogP) is 7.18. The molecule has 0 saturated heterocycles. The lowest BCUT2D eigenvalue weighted by Crippen LogP contribution is -1.85. The van der Waals surface area contributed by atoms with Crippen LogP contribution in [0.2, 0.25) is 0 Å². The van der Waals surface area contributed by atoms with Crippen LogP contribution in [0.4, 0.5) is 0 Å². The van der Waals surface area contributed by atoms with E-state index in [2.05, 4.69) is 74.5 Å². The van der Waals surface area contributed by atoms with Gasteiger partial charge in [-0.25, -0.2) is 0 Å². The predicted molar refractivity (Wildman–Crippen MR) is 102 cm³/mol. The van der Waals surface area contributed by atoms with Crippen LogP contribution in [0.3, 0.4) is 0 Å². The lowest BCUT2D eigenvalue weighted by Gasteiger charge is -2.09. The van der Waals surface area contributed by atoms with Crippen molar-refractivity contribution in [1.29, 1.82) is 0 Å². The van der Waals surface area contributed by atoms with E-state index in [1.165, 1.54) is 33.0 Å². The number of fused-ring (bicyclic) bond motifs is 1. The average Bonchev–Trinajstić information content (AvgIpc) is 2.60. The molecule has 3 rings (SSSR count). The number of benzene rings is 3. The van der Waals surface area contributed by atoms with Crippen LogP contribution in [-0.2, 0) is 0 Å². The van der Waals surface area contributed by atoms with Crippen LogP contribution >= 0.6 is 0 Å². The minimum absolute atomic E-state index is 1.30. The number of rotatable bonds is 1. The highest BCUT2D eigenvalue weighted by Crippen LogP contribution is 2.29. The van der Waals surface area contributed by atoms with E-state index in [9.17, 15) is 0 Å². The normalized spacial score (nSPS) is 9.36. The van der Waals surface area contributed by atoms with Gasteiger partial charge in [0.25, 0.3) is 0 Å². The third-order valence-corrected chi connectivity index (χ3v) is 3.61. The molecule has 0 aromatic heterocycles. The van der Waals surface area contributed by atoms with Crippen molar-refractivity contribution in [2.24, 2.45) is 0 Å². The monoisotopic (exact) mass is 292 g/mol. The van der Waals surface area contributed by atoms with Gasteiger partial charge in [-0.2, -0.15) is 0 Å². The molecular weight excluding hydrogens is 264 g/mol. The average molecular weight is 292 g/mol. The van der Waals surface area contributed by atoms with E-state index >= 15 is 0 Å². The molecule has 0 fully saturated rings. The van der Waals surface area contributed by atoms with Gasteiger partial charge < -0.3 is 0 Å². The van der Waals surface area contributed by atoms with Crippen molar-refractivity contribution in [3.63, 3.8) is 0 Å². The summed E-state index contributed by atoms with van der Waals surface area (Å²) in [5, 5.41) is 2.62. The molecule has 0 N–H and O–H groups in total. The largest absolute Gasteiger partial charge is 0.0683 e. The Balaban J connectivity index is 0.000000561. The molecular formula is C22H28. The maximum Gasteiger partial charge on any atom is -0.0105 e. The van der Waals surface area contributed by atoms with Crippen LogP contribution < -0.4 is 0 Å². The number of hydrogen-bond acceptors (Lipinski definition) is 0. The van der Waals surface area contributed by atoms with Gasteiger partial charge in [0.15, 0.2) is 0 Å². The number of hydrogen-bond donors (Lipinski definition) is 0. The first-order valence-electron chi connectivity index (χ1n) is 8.31. The van der Waals surface area contributed by atoms with E-state index in [0.717, 1.165) is 0 Å². The van der Waals surface area contributed by atoms with E-state index in [1.807, 2.05) is 27.7 Å². The molecule has 0 heterocycles. The van der Waals surface area contributed by atoms with Gasteiger partial charge in [0.05, 0.1) is 0 Å². The lowest BCUT2D eigenvalue weighted by molar-refractivity contribution is 1.34. The summed E-state index contributed by atoms with van der Waals surface area (Å²) in [5.74, 6) is 0. The van der Waals surface area contributed by atoms with Crippen molar-refractivity contribution < 1.29 is 0 Å². The molecule has 22 heavy (non-hydrogen) atoms. The van der Waals surface area contributed by atoms with Gasteiger partial charge in [-0.1, -0.05) is 88.4 Å². The summed E-state index contributed by atoms with van der Waals surface area (Å²) in [4.78, 5) is 0. The van der Waals surface area contributed by atoms with E-state index < -0.39 is 0 Å². The first kappa shape index (κ1) is 18.0. The quantitative estimate of drug-likeness (QED) is 0.445. The zero-order valence-corrected chi connectivity index (χ0v) is 14.8. The van der Waals surface area contributed by atoms with Crippen molar-refractivity contribution >= 4 is 10.8 Å². The van der Waals surface area contributed by atoms with Crippen LogP contribution in [0.1, 0.15) is 38.8 Å². The molecule has 0 bridgehead atoms. The SMILES string of the molecule is CC.CC.Cc1ccc(-c2cccc3ccccc23)cc1C. The van der Waals surface area contributed by atoms with Gasteiger partial charge in [-0.05, 0) is 46.9 Å². The fraction of sp³-hybridized carbons (Fsp3) is 0.273. The van der Waals surface area contributed by atoms with E-state index in [4.69, 9.17) is 0 Å². The second-order valence-corrected chi connectivity index (χ2v) is 4.83. The Labute approximate surface area is 135 Å². The second kappa shape index (κ2) is 9.04. The summed E-state index contributed by atoms with van der Waals surface area (Å²) in [6, 6.07) is 21.7. The smallest absolute Gasteiger partial charge is 0.0105 e. The molecule has 3 aromatic rings. The molecule has 0 nitrogen and oxygen atoms in total. The van der Waals surface area contributed by atoms with E-state index in [1.54, 1.807) is 0 Å². The van der Waals surface area contributed by atoms with Crippen LogP contribution in [0, 0.1) is 13.8 Å². The summed E-state index contributed by atoms with van der Waals surface area (Å²) in [7, 11) is 0. The highest BCUT2D eigenvalue weighted by molar-refractivity contribution is 5.96. The van der Waals surface area contributed by atoms with E-state index in [0.29, 0.717) is 0 Å². The molecule has 0 amide bonds. The molecule has 3 aromatic carbocycles. The molecule has 116 valence electrons. The molecule has 0 aliphatic rings. The van der Waals surface area contributed by atoms with Crippen molar-refractivity contribution in [3.8, 4) is 11.1 Å². The minimum atomic E-state index is 1.30. The molecule has 0 unspecified atom stereocenters. The molecule has 0 spiro atoms. The van der Waals surface area contributed by atoms with Crippen LogP contribution in [-0.4, -0.2) is 0 Å². The Hall–Kier alpha value is -2.08. The summed E-state index contributed by atoms with van der Waals surface area (Å²) in [6.45, 7) is 12.3. The highest BCUT2D eigenvalue weighted by atomic mass is 14.1. The van der Waals surface area contributed by atoms with Crippen LogP contribution in [0.15, 0.2) is 60.7 Å². The second-order valence-electron chi connectivity index (χ2n) is 4.83. The van der Waals surface area contributed by atoms with Crippen LogP contribution in [0.25, 0.3) is 21.9 Å². The van der Waals surface area contributed by atoms with E-state index in [-0.39, 0.29) is 0 Å². The zero-order valence-electron chi connectivity index (χ0n) is 14.8. The van der Waals surface area contributed by atoms with Crippen molar-refractivity contribution in [1.82, 2.24) is 0 Å². The van der Waals surface area contributed by atoms with Gasteiger partial charge in [0.1, 0.15) is 0 Å². The molecule has 0 atom stereocenters. The van der Waals surface area contributed by atoms with Gasteiger partial charge in [0, 0.05) is 0 Å². The van der Waals surface area contributed by atoms with Gasteiger partial charge in [-0.15, -0.1) is 0 Å². The molecule has 0 saturated carbocycles. The Kier molecular flexibility index (Phi) is 7.39. The fourth-order valence-electron chi connectivity index (χ4n) is 2.39. The third-order valence-electron chi connectivity index (χ3n) is 3.61. The third kappa shape index (κ3) is 3.98. The van der Waals surface area contributed by atoms with Gasteiger partial charge >= 0.3 is 0 Å². The fourth-order valence-corrected chi connectivity index (χ4v) is 2.39. The summed E-state index contributed by atoms with van der Waals surface area (Å²) in [6.07, 6.45) is 0. The summed E-state index contributed by atoms with van der Waals surface area (Å²) < 4.78 is 0. The van der Waals surface area contributed by atoms with Crippen molar-refractivity contribution in [3.05, 3.63) is 71.8 Å². The van der Waals surface area contributed by atoms with Crippen LogP contribution in [0.5, 0.6) is 0 Å². The Morgan fingerprint density at radius 1 is 0.591 bits per heavy atom. The molecule has 0 aliphatic heterocycles. The molecule has 0 radical (unpaired) electrons. The molecule has 0 heteroatoms. The lowest BCUT2D eigenvalue weighted by atomic mass is 9.96. The summed E-state index contributed by atoms with van der Waals surface area (Å²) >= 11 is 0. The first-order valence-corrected chi connectivity index (χ1v) is 8.31. The van der Waals surface area contributed by atoms with Gasteiger partial charge in [0.2, 0.25) is 0 Å².